The third-order valence-electron chi connectivity index (χ3n) is 2.90. The lowest BCUT2D eigenvalue weighted by molar-refractivity contribution is -0.384. The van der Waals surface area contributed by atoms with Gasteiger partial charge in [0.25, 0.3) is 11.6 Å². The number of rotatable bonds is 4. The van der Waals surface area contributed by atoms with Crippen LogP contribution >= 0.6 is 0 Å². The van der Waals surface area contributed by atoms with E-state index >= 15 is 0 Å². The van der Waals surface area contributed by atoms with Crippen molar-refractivity contribution >= 4 is 28.9 Å². The summed E-state index contributed by atoms with van der Waals surface area (Å²) < 4.78 is 0. The van der Waals surface area contributed by atoms with Crippen molar-refractivity contribution in [1.82, 2.24) is 0 Å². The van der Waals surface area contributed by atoms with Gasteiger partial charge in [-0.25, -0.2) is 4.79 Å². The number of nitro benzene ring substituents is 1. The number of nitrogens with zero attached hydrogens (tertiary/aromatic N) is 1. The summed E-state index contributed by atoms with van der Waals surface area (Å²) in [7, 11) is 0. The lowest BCUT2D eigenvalue weighted by Crippen LogP contribution is -2.16. The van der Waals surface area contributed by atoms with Crippen molar-refractivity contribution in [2.45, 2.75) is 0 Å². The maximum absolute atomic E-state index is 12.2. The predicted octanol–water partition coefficient (Wildman–Crippen LogP) is 2.13. The number of nitrogen functional groups attached to an aromatic ring is 1. The van der Waals surface area contributed by atoms with Crippen molar-refractivity contribution in [3.63, 3.8) is 0 Å². The number of nitrogens with one attached hydrogen (secondary N) is 1. The number of non-ortho nitro benzene ring substituents is 1. The highest BCUT2D eigenvalue weighted by atomic mass is 16.6. The molecule has 0 heterocycles. The van der Waals surface area contributed by atoms with E-state index in [1.165, 1.54) is 30.3 Å². The fourth-order valence-corrected chi connectivity index (χ4v) is 1.82. The summed E-state index contributed by atoms with van der Waals surface area (Å²) in [5.74, 6) is -1.93. The normalized spacial score (nSPS) is 10.0. The van der Waals surface area contributed by atoms with Gasteiger partial charge in [0, 0.05) is 17.8 Å². The number of hydrogen-bond donors (Lipinski definition) is 3. The van der Waals surface area contributed by atoms with Crippen LogP contribution in [0.25, 0.3) is 0 Å². The van der Waals surface area contributed by atoms with Crippen molar-refractivity contribution in [3.05, 3.63) is 63.7 Å². The van der Waals surface area contributed by atoms with Gasteiger partial charge < -0.3 is 16.2 Å². The van der Waals surface area contributed by atoms with Gasteiger partial charge in [-0.05, 0) is 18.2 Å². The predicted molar refractivity (Wildman–Crippen MR) is 78.9 cm³/mol. The van der Waals surface area contributed by atoms with E-state index in [9.17, 15) is 19.7 Å². The van der Waals surface area contributed by atoms with E-state index in [0.717, 1.165) is 6.07 Å². The Morgan fingerprint density at radius 2 is 1.82 bits per heavy atom. The minimum Gasteiger partial charge on any atom is -0.478 e. The Morgan fingerprint density at radius 3 is 2.45 bits per heavy atom. The standard InChI is InChI=1S/C14H11N3O5/c15-11-6-5-8(17(21)22)7-10(11)13(18)16-12-4-2-1-3-9(12)14(19)20/h1-7H,15H2,(H,16,18)(H,19,20). The zero-order chi connectivity index (χ0) is 16.3. The van der Waals surface area contributed by atoms with Crippen LogP contribution in [0, 0.1) is 10.1 Å². The molecule has 2 aromatic rings. The molecular weight excluding hydrogens is 290 g/mol. The molecule has 0 spiro atoms. The second kappa shape index (κ2) is 5.92. The van der Waals surface area contributed by atoms with Crippen LogP contribution in [0.2, 0.25) is 0 Å². The summed E-state index contributed by atoms with van der Waals surface area (Å²) in [5.41, 5.74) is 5.28. The van der Waals surface area contributed by atoms with E-state index in [1.807, 2.05) is 0 Å². The van der Waals surface area contributed by atoms with Gasteiger partial charge in [-0.2, -0.15) is 0 Å². The molecule has 112 valence electrons. The minimum absolute atomic E-state index is 0.0518. The van der Waals surface area contributed by atoms with Crippen LogP contribution in [-0.2, 0) is 0 Å². The summed E-state index contributed by atoms with van der Waals surface area (Å²) in [6, 6.07) is 9.27. The van der Waals surface area contributed by atoms with Crippen LogP contribution in [0.5, 0.6) is 0 Å². The molecule has 2 aromatic carbocycles. The number of nitro groups is 1. The smallest absolute Gasteiger partial charge is 0.337 e. The van der Waals surface area contributed by atoms with Gasteiger partial charge in [0.05, 0.1) is 21.7 Å². The van der Waals surface area contributed by atoms with Gasteiger partial charge >= 0.3 is 5.97 Å². The molecule has 0 atom stereocenters. The van der Waals surface area contributed by atoms with Gasteiger partial charge in [0.1, 0.15) is 0 Å². The van der Waals surface area contributed by atoms with Crippen molar-refractivity contribution in [3.8, 4) is 0 Å². The molecule has 0 saturated carbocycles. The summed E-state index contributed by atoms with van der Waals surface area (Å²) in [6.07, 6.45) is 0. The fourth-order valence-electron chi connectivity index (χ4n) is 1.82. The maximum Gasteiger partial charge on any atom is 0.337 e. The molecule has 22 heavy (non-hydrogen) atoms. The molecule has 1 amide bonds. The van der Waals surface area contributed by atoms with E-state index in [1.54, 1.807) is 6.07 Å². The number of nitrogens with two attached hydrogens (primary N) is 1. The summed E-state index contributed by atoms with van der Waals surface area (Å²) in [4.78, 5) is 33.4. The van der Waals surface area contributed by atoms with E-state index in [4.69, 9.17) is 10.8 Å². The number of carboxylic acids is 1. The molecule has 0 unspecified atom stereocenters. The molecule has 0 aliphatic heterocycles. The first-order chi connectivity index (χ1) is 10.4. The number of carbonyl (C=O) groups excluding carboxylic acids is 1. The molecule has 0 saturated heterocycles. The van der Waals surface area contributed by atoms with E-state index in [0.29, 0.717) is 0 Å². The highest BCUT2D eigenvalue weighted by Crippen LogP contribution is 2.22. The molecule has 0 radical (unpaired) electrons. The first-order valence-corrected chi connectivity index (χ1v) is 6.07. The molecule has 0 fully saturated rings. The van der Waals surface area contributed by atoms with Gasteiger partial charge in [-0.1, -0.05) is 12.1 Å². The molecule has 0 aliphatic rings. The third kappa shape index (κ3) is 3.01. The Kier molecular flexibility index (Phi) is 4.03. The number of carbonyl (C=O) groups is 2. The third-order valence-corrected chi connectivity index (χ3v) is 2.90. The lowest BCUT2D eigenvalue weighted by atomic mass is 10.1. The van der Waals surface area contributed by atoms with Crippen LogP contribution in [0.1, 0.15) is 20.7 Å². The van der Waals surface area contributed by atoms with Crippen molar-refractivity contribution in [2.75, 3.05) is 11.1 Å². The number of aromatic carboxylic acids is 1. The van der Waals surface area contributed by atoms with E-state index in [2.05, 4.69) is 5.32 Å². The van der Waals surface area contributed by atoms with Crippen LogP contribution in [-0.4, -0.2) is 21.9 Å². The van der Waals surface area contributed by atoms with Gasteiger partial charge in [-0.3, -0.25) is 14.9 Å². The topological polar surface area (TPSA) is 136 Å². The first-order valence-electron chi connectivity index (χ1n) is 6.07. The van der Waals surface area contributed by atoms with Crippen molar-refractivity contribution in [2.24, 2.45) is 0 Å². The Morgan fingerprint density at radius 1 is 1.14 bits per heavy atom. The first kappa shape index (κ1) is 15.0. The number of para-hydroxylation sites is 1. The van der Waals surface area contributed by atoms with E-state index < -0.39 is 16.8 Å². The molecule has 8 nitrogen and oxygen atoms in total. The molecule has 0 bridgehead atoms. The number of benzene rings is 2. The quantitative estimate of drug-likeness (QED) is 0.449. The molecule has 0 aromatic heterocycles. The molecule has 4 N–H and O–H groups in total. The Labute approximate surface area is 124 Å². The maximum atomic E-state index is 12.2. The molecule has 2 rings (SSSR count). The summed E-state index contributed by atoms with van der Waals surface area (Å²) in [6.45, 7) is 0. The molecule has 8 heteroatoms. The highest BCUT2D eigenvalue weighted by molar-refractivity contribution is 6.10. The van der Waals surface area contributed by atoms with Gasteiger partial charge in [0.15, 0.2) is 0 Å². The zero-order valence-corrected chi connectivity index (χ0v) is 11.1. The minimum atomic E-state index is -1.21. The number of hydrogen-bond acceptors (Lipinski definition) is 5. The number of amides is 1. The largest absolute Gasteiger partial charge is 0.478 e. The molecule has 0 aliphatic carbocycles. The second-order valence-corrected chi connectivity index (χ2v) is 4.33. The Bertz CT molecular complexity index is 773. The lowest BCUT2D eigenvalue weighted by Gasteiger charge is -2.09. The summed E-state index contributed by atoms with van der Waals surface area (Å²) in [5, 5.41) is 22.2. The van der Waals surface area contributed by atoms with Crippen LogP contribution in [0.3, 0.4) is 0 Å². The van der Waals surface area contributed by atoms with Crippen molar-refractivity contribution in [1.29, 1.82) is 0 Å². The monoisotopic (exact) mass is 301 g/mol. The Balaban J connectivity index is 2.36. The van der Waals surface area contributed by atoms with Gasteiger partial charge in [0.2, 0.25) is 0 Å². The average Bonchev–Trinajstić information content (AvgIpc) is 2.47. The highest BCUT2D eigenvalue weighted by Gasteiger charge is 2.17. The van der Waals surface area contributed by atoms with Crippen molar-refractivity contribution < 1.29 is 19.6 Å². The van der Waals surface area contributed by atoms with Gasteiger partial charge in [-0.15, -0.1) is 0 Å². The molecular formula is C14H11N3O5. The van der Waals surface area contributed by atoms with Crippen LogP contribution in [0.15, 0.2) is 42.5 Å². The van der Waals surface area contributed by atoms with Crippen LogP contribution in [0.4, 0.5) is 17.1 Å². The second-order valence-electron chi connectivity index (χ2n) is 4.33. The summed E-state index contributed by atoms with van der Waals surface area (Å²) >= 11 is 0. The number of carboxylic acid groups (broad SMARTS) is 1. The Hall–Kier alpha value is -3.42. The number of anilines is 2. The SMILES string of the molecule is Nc1ccc([N+](=O)[O-])cc1C(=O)Nc1ccccc1C(=O)O. The fraction of sp³-hybridized carbons (Fsp3) is 0. The average molecular weight is 301 g/mol. The zero-order valence-electron chi connectivity index (χ0n) is 11.1. The van der Waals surface area contributed by atoms with Crippen LogP contribution < -0.4 is 11.1 Å². The van der Waals surface area contributed by atoms with E-state index in [-0.39, 0.29) is 28.2 Å².